The Labute approximate surface area is 170 Å². The highest BCUT2D eigenvalue weighted by molar-refractivity contribution is 7.98. The summed E-state index contributed by atoms with van der Waals surface area (Å²) in [6, 6.07) is 14.9. The summed E-state index contributed by atoms with van der Waals surface area (Å²) < 4.78 is 11.7. The third-order valence-corrected chi connectivity index (χ3v) is 7.04. The van der Waals surface area contributed by atoms with E-state index in [1.165, 1.54) is 17.7 Å². The van der Waals surface area contributed by atoms with Crippen LogP contribution in [0.4, 0.5) is 0 Å². The molecule has 3 aliphatic rings. The maximum atomic E-state index is 13.0. The number of nitrogens with zero attached hydrogens (tertiary/aromatic N) is 2. The van der Waals surface area contributed by atoms with Gasteiger partial charge in [0.05, 0.1) is 25.0 Å². The second kappa shape index (κ2) is 7.93. The molecular formula is C22H26N2O3S. The predicted octanol–water partition coefficient (Wildman–Crippen LogP) is 3.51. The molecule has 148 valence electrons. The van der Waals surface area contributed by atoms with Crippen LogP contribution in [-0.4, -0.2) is 60.6 Å². The van der Waals surface area contributed by atoms with Crippen molar-refractivity contribution in [3.05, 3.63) is 54.0 Å². The smallest absolute Gasteiger partial charge is 0.289 e. The summed E-state index contributed by atoms with van der Waals surface area (Å²) in [5.74, 6) is 2.83. The van der Waals surface area contributed by atoms with Gasteiger partial charge in [0, 0.05) is 30.6 Å². The van der Waals surface area contributed by atoms with Crippen molar-refractivity contribution in [2.24, 2.45) is 5.92 Å². The minimum Gasteiger partial charge on any atom is -0.455 e. The lowest BCUT2D eigenvalue weighted by Gasteiger charge is -2.48. The number of hydrogen-bond donors (Lipinski definition) is 0. The number of carbonyl (C=O) groups excluding carboxylic acids is 1. The molecule has 2 aromatic rings. The molecule has 1 saturated carbocycles. The molecule has 0 unspecified atom stereocenters. The van der Waals surface area contributed by atoms with Crippen LogP contribution in [0.5, 0.6) is 0 Å². The molecule has 2 atom stereocenters. The van der Waals surface area contributed by atoms with E-state index in [2.05, 4.69) is 17.0 Å². The number of fused-ring (bicyclic) bond motifs is 1. The summed E-state index contributed by atoms with van der Waals surface area (Å²) in [5.41, 5.74) is 0. The summed E-state index contributed by atoms with van der Waals surface area (Å²) in [6.07, 6.45) is 2.66. The standard InChI is InChI=1S/C22H26N2O3S/c25-22(21-9-8-18(27-21)15-28-19-4-2-1-3-5-19)23-10-11-24-17(12-23)13-26-14-20(24)16-6-7-16/h1-5,8-9,16-17,20H,6-7,10-15H2/t17-,20-/m1/s1. The van der Waals surface area contributed by atoms with Crippen molar-refractivity contribution in [2.45, 2.75) is 35.6 Å². The first kappa shape index (κ1) is 18.3. The second-order valence-corrected chi connectivity index (χ2v) is 9.00. The molecule has 0 bridgehead atoms. The van der Waals surface area contributed by atoms with Crippen LogP contribution in [0.1, 0.15) is 29.2 Å². The average Bonchev–Trinajstić information content (AvgIpc) is 3.49. The van der Waals surface area contributed by atoms with Gasteiger partial charge in [-0.15, -0.1) is 11.8 Å². The summed E-state index contributed by atoms with van der Waals surface area (Å²) in [6.45, 7) is 4.03. The Morgan fingerprint density at radius 3 is 2.75 bits per heavy atom. The maximum absolute atomic E-state index is 13.0. The molecule has 6 heteroatoms. The van der Waals surface area contributed by atoms with E-state index in [0.29, 0.717) is 17.8 Å². The summed E-state index contributed by atoms with van der Waals surface area (Å²) in [4.78, 5) is 18.7. The van der Waals surface area contributed by atoms with E-state index in [1.54, 1.807) is 11.8 Å². The number of thioether (sulfide) groups is 1. The van der Waals surface area contributed by atoms with E-state index in [0.717, 1.165) is 50.3 Å². The molecular weight excluding hydrogens is 372 g/mol. The van der Waals surface area contributed by atoms with Crippen molar-refractivity contribution in [1.29, 1.82) is 0 Å². The van der Waals surface area contributed by atoms with Crippen LogP contribution in [0.3, 0.4) is 0 Å². The molecule has 1 aromatic heterocycles. The highest BCUT2D eigenvalue weighted by Gasteiger charge is 2.43. The maximum Gasteiger partial charge on any atom is 0.289 e. The van der Waals surface area contributed by atoms with Crippen LogP contribution in [0.25, 0.3) is 0 Å². The van der Waals surface area contributed by atoms with Gasteiger partial charge in [-0.3, -0.25) is 9.69 Å². The number of amides is 1. The Bertz CT molecular complexity index is 820. The molecule has 3 fully saturated rings. The fourth-order valence-corrected chi connectivity index (χ4v) is 5.16. The minimum absolute atomic E-state index is 0.00385. The van der Waals surface area contributed by atoms with Gasteiger partial charge in [0.15, 0.2) is 5.76 Å². The highest BCUT2D eigenvalue weighted by atomic mass is 32.2. The summed E-state index contributed by atoms with van der Waals surface area (Å²) >= 11 is 1.72. The minimum atomic E-state index is 0.00385. The van der Waals surface area contributed by atoms with E-state index in [9.17, 15) is 4.79 Å². The quantitative estimate of drug-likeness (QED) is 0.722. The van der Waals surface area contributed by atoms with E-state index >= 15 is 0 Å². The lowest BCUT2D eigenvalue weighted by molar-refractivity contribution is -0.0818. The van der Waals surface area contributed by atoms with Crippen LogP contribution in [0.15, 0.2) is 51.8 Å². The van der Waals surface area contributed by atoms with Crippen molar-refractivity contribution >= 4 is 17.7 Å². The zero-order valence-electron chi connectivity index (χ0n) is 16.0. The number of hydrogen-bond acceptors (Lipinski definition) is 5. The summed E-state index contributed by atoms with van der Waals surface area (Å²) in [7, 11) is 0. The molecule has 5 rings (SSSR count). The predicted molar refractivity (Wildman–Crippen MR) is 108 cm³/mol. The third kappa shape index (κ3) is 3.86. The van der Waals surface area contributed by atoms with E-state index in [1.807, 2.05) is 35.2 Å². The zero-order chi connectivity index (χ0) is 18.9. The van der Waals surface area contributed by atoms with E-state index in [-0.39, 0.29) is 5.91 Å². The molecule has 2 saturated heterocycles. The van der Waals surface area contributed by atoms with Crippen molar-refractivity contribution in [3.8, 4) is 0 Å². The normalized spacial score (nSPS) is 25.5. The van der Waals surface area contributed by atoms with Gasteiger partial charge in [0.25, 0.3) is 5.91 Å². The number of ether oxygens (including phenoxy) is 1. The van der Waals surface area contributed by atoms with Crippen LogP contribution in [0.2, 0.25) is 0 Å². The van der Waals surface area contributed by atoms with Gasteiger partial charge in [-0.25, -0.2) is 0 Å². The van der Waals surface area contributed by atoms with Crippen LogP contribution >= 0.6 is 11.8 Å². The van der Waals surface area contributed by atoms with E-state index in [4.69, 9.17) is 9.15 Å². The largest absolute Gasteiger partial charge is 0.455 e. The third-order valence-electron chi connectivity index (χ3n) is 6.00. The van der Waals surface area contributed by atoms with Crippen LogP contribution in [0, 0.1) is 5.92 Å². The Morgan fingerprint density at radius 1 is 1.07 bits per heavy atom. The van der Waals surface area contributed by atoms with Gasteiger partial charge in [0.1, 0.15) is 5.76 Å². The Balaban J connectivity index is 1.19. The molecule has 1 aromatic carbocycles. The molecule has 0 radical (unpaired) electrons. The molecule has 3 heterocycles. The fourth-order valence-electron chi connectivity index (χ4n) is 4.34. The monoisotopic (exact) mass is 398 g/mol. The molecule has 5 nitrogen and oxygen atoms in total. The van der Waals surface area contributed by atoms with Gasteiger partial charge in [-0.1, -0.05) is 18.2 Å². The van der Waals surface area contributed by atoms with Crippen molar-refractivity contribution in [2.75, 3.05) is 32.8 Å². The highest BCUT2D eigenvalue weighted by Crippen LogP contribution is 2.38. The molecule has 0 N–H and O–H groups in total. The first-order valence-corrected chi connectivity index (χ1v) is 11.2. The van der Waals surface area contributed by atoms with E-state index < -0.39 is 0 Å². The molecule has 0 spiro atoms. The first-order chi connectivity index (χ1) is 13.8. The van der Waals surface area contributed by atoms with Crippen LogP contribution < -0.4 is 0 Å². The first-order valence-electron chi connectivity index (χ1n) is 10.2. The Kier molecular flexibility index (Phi) is 5.18. The number of benzene rings is 1. The topological polar surface area (TPSA) is 45.9 Å². The SMILES string of the molecule is O=C(c1ccc(CSc2ccccc2)o1)N1CCN2[C@@H](COC[C@@H]2C2CC2)C1. The Morgan fingerprint density at radius 2 is 1.93 bits per heavy atom. The molecule has 28 heavy (non-hydrogen) atoms. The lowest BCUT2D eigenvalue weighted by atomic mass is 10.0. The zero-order valence-corrected chi connectivity index (χ0v) is 16.8. The number of piperazine rings is 1. The average molecular weight is 399 g/mol. The fraction of sp³-hybridized carbons (Fsp3) is 0.500. The number of carbonyl (C=O) groups is 1. The Hall–Kier alpha value is -1.76. The van der Waals surface area contributed by atoms with Gasteiger partial charge in [-0.2, -0.15) is 0 Å². The number of morpholine rings is 1. The van der Waals surface area contributed by atoms with Gasteiger partial charge in [-0.05, 0) is 43.0 Å². The van der Waals surface area contributed by atoms with Gasteiger partial charge >= 0.3 is 0 Å². The van der Waals surface area contributed by atoms with Crippen molar-refractivity contribution in [3.63, 3.8) is 0 Å². The van der Waals surface area contributed by atoms with Gasteiger partial charge < -0.3 is 14.1 Å². The summed E-state index contributed by atoms with van der Waals surface area (Å²) in [5, 5.41) is 0. The molecule has 1 aliphatic carbocycles. The lowest BCUT2D eigenvalue weighted by Crippen LogP contribution is -2.63. The number of rotatable bonds is 5. The molecule has 2 aliphatic heterocycles. The van der Waals surface area contributed by atoms with Crippen LogP contribution in [-0.2, 0) is 10.5 Å². The van der Waals surface area contributed by atoms with Gasteiger partial charge in [0.2, 0.25) is 0 Å². The molecule has 1 amide bonds. The van der Waals surface area contributed by atoms with Crippen molar-refractivity contribution in [1.82, 2.24) is 9.80 Å². The van der Waals surface area contributed by atoms with Crippen molar-refractivity contribution < 1.29 is 13.9 Å². The number of furan rings is 1. The second-order valence-electron chi connectivity index (χ2n) is 7.95.